The summed E-state index contributed by atoms with van der Waals surface area (Å²) in [6, 6.07) is 0. The molecule has 0 aliphatic rings. The summed E-state index contributed by atoms with van der Waals surface area (Å²) in [7, 11) is 0. The summed E-state index contributed by atoms with van der Waals surface area (Å²) >= 11 is 0. The van der Waals surface area contributed by atoms with Gasteiger partial charge in [-0.15, -0.1) is 0 Å². The Hall–Kier alpha value is -1.31. The number of unbranched alkanes of at least 4 members (excludes halogenated alkanes) is 10. The largest absolute Gasteiger partial charge is 0.481 e. The van der Waals surface area contributed by atoms with Crippen molar-refractivity contribution in [1.29, 1.82) is 0 Å². The molecule has 1 unspecified atom stereocenters. The van der Waals surface area contributed by atoms with E-state index in [2.05, 4.69) is 13.8 Å². The summed E-state index contributed by atoms with van der Waals surface area (Å²) in [5.74, 6) is -6.19. The number of carboxylic acid groups (broad SMARTS) is 1. The number of hydrogen-bond donors (Lipinski definition) is 4. The monoisotopic (exact) mass is 418 g/mol. The summed E-state index contributed by atoms with van der Waals surface area (Å²) in [5.41, 5.74) is 0. The van der Waals surface area contributed by atoms with Crippen LogP contribution in [0, 0.1) is 5.92 Å². The maximum Gasteiger partial charge on any atom is 0.319 e. The van der Waals surface area contributed by atoms with Gasteiger partial charge in [-0.05, 0) is 12.8 Å². The molecule has 0 aliphatic heterocycles. The standard InChI is InChI=1S/C20H38O5.C2H4O2/c1-3-5-7-9-10-11-13-15-17(21)18(19(22)23)20(24,25)16-14-12-8-6-4-2;3-1-2-4/h18,24-25H,3-16H2,1-2H3,(H,22,23);1,4H,2H2. The average Bonchev–Trinajstić information content (AvgIpc) is 2.66. The number of hydrogen-bond acceptors (Lipinski definition) is 6. The molecule has 0 saturated heterocycles. The third-order valence-corrected chi connectivity index (χ3v) is 4.78. The van der Waals surface area contributed by atoms with Crippen molar-refractivity contribution in [2.75, 3.05) is 6.61 Å². The number of carbonyl (C=O) groups is 3. The Morgan fingerprint density at radius 2 is 1.24 bits per heavy atom. The van der Waals surface area contributed by atoms with Crippen LogP contribution in [0.3, 0.4) is 0 Å². The zero-order valence-corrected chi connectivity index (χ0v) is 18.3. The zero-order chi connectivity index (χ0) is 22.5. The van der Waals surface area contributed by atoms with Crippen LogP contribution >= 0.6 is 0 Å². The van der Waals surface area contributed by atoms with E-state index in [1.807, 2.05) is 0 Å². The van der Waals surface area contributed by atoms with Gasteiger partial charge < -0.3 is 25.2 Å². The predicted molar refractivity (Wildman–Crippen MR) is 112 cm³/mol. The fraction of sp³-hybridized carbons (Fsp3) is 0.864. The molecule has 0 spiro atoms. The Balaban J connectivity index is 0. The van der Waals surface area contributed by atoms with E-state index in [-0.39, 0.29) is 19.4 Å². The molecular weight excluding hydrogens is 376 g/mol. The van der Waals surface area contributed by atoms with Crippen molar-refractivity contribution in [3.63, 3.8) is 0 Å². The van der Waals surface area contributed by atoms with Crippen LogP contribution in [0.2, 0.25) is 0 Å². The van der Waals surface area contributed by atoms with Gasteiger partial charge >= 0.3 is 5.97 Å². The van der Waals surface area contributed by atoms with Gasteiger partial charge in [-0.2, -0.15) is 0 Å². The molecule has 0 radical (unpaired) electrons. The first-order valence-corrected chi connectivity index (χ1v) is 11.0. The first-order chi connectivity index (χ1) is 13.8. The Kier molecular flexibility index (Phi) is 20.6. The number of aldehydes is 1. The third-order valence-electron chi connectivity index (χ3n) is 4.78. The molecule has 0 bridgehead atoms. The van der Waals surface area contributed by atoms with Crippen LogP contribution in [0.4, 0.5) is 0 Å². The van der Waals surface area contributed by atoms with Crippen LogP contribution in [0.1, 0.15) is 104 Å². The van der Waals surface area contributed by atoms with Gasteiger partial charge in [0, 0.05) is 12.8 Å². The second-order valence-electron chi connectivity index (χ2n) is 7.50. The summed E-state index contributed by atoms with van der Waals surface area (Å²) in [6.45, 7) is 3.88. The molecule has 0 aromatic rings. The maximum absolute atomic E-state index is 12.2. The van der Waals surface area contributed by atoms with E-state index in [1.165, 1.54) is 19.3 Å². The summed E-state index contributed by atoms with van der Waals surface area (Å²) in [4.78, 5) is 32.5. The number of aliphatic carboxylic acids is 1. The van der Waals surface area contributed by atoms with Crippen molar-refractivity contribution in [2.24, 2.45) is 5.92 Å². The molecule has 0 heterocycles. The summed E-state index contributed by atoms with van der Waals surface area (Å²) < 4.78 is 0. The molecule has 7 heteroatoms. The Morgan fingerprint density at radius 1 is 0.828 bits per heavy atom. The topological polar surface area (TPSA) is 132 Å². The second kappa shape index (κ2) is 20.0. The van der Waals surface area contributed by atoms with Crippen molar-refractivity contribution in [2.45, 2.75) is 110 Å². The highest BCUT2D eigenvalue weighted by molar-refractivity contribution is 5.99. The highest BCUT2D eigenvalue weighted by Gasteiger charge is 2.44. The molecule has 29 heavy (non-hydrogen) atoms. The predicted octanol–water partition coefficient (Wildman–Crippen LogP) is 3.62. The lowest BCUT2D eigenvalue weighted by Gasteiger charge is -2.27. The van der Waals surface area contributed by atoms with E-state index in [4.69, 9.17) is 9.90 Å². The van der Waals surface area contributed by atoms with Gasteiger partial charge in [0.15, 0.2) is 17.5 Å². The van der Waals surface area contributed by atoms with E-state index in [9.17, 15) is 24.9 Å². The molecule has 0 aliphatic carbocycles. The quantitative estimate of drug-likeness (QED) is 0.116. The number of Topliss-reactive ketones (excluding diaryl/α,β-unsaturated/α-hetero) is 1. The normalized spacial score (nSPS) is 12.0. The SMILES string of the molecule is CCCCCCCCCC(=O)C(C(=O)O)C(O)(O)CCCCCCC.O=CCO. The molecule has 1 atom stereocenters. The van der Waals surface area contributed by atoms with Gasteiger partial charge in [0.1, 0.15) is 6.29 Å². The minimum absolute atomic E-state index is 0.0730. The van der Waals surface area contributed by atoms with Crippen molar-refractivity contribution >= 4 is 18.0 Å². The Bertz CT molecular complexity index is 421. The molecule has 172 valence electrons. The van der Waals surface area contributed by atoms with E-state index in [1.54, 1.807) is 0 Å². The van der Waals surface area contributed by atoms with Gasteiger partial charge in [0.25, 0.3) is 0 Å². The molecule has 0 amide bonds. The van der Waals surface area contributed by atoms with E-state index < -0.39 is 23.5 Å². The molecule has 0 saturated carbocycles. The van der Waals surface area contributed by atoms with Gasteiger partial charge in [0.2, 0.25) is 0 Å². The highest BCUT2D eigenvalue weighted by atomic mass is 16.5. The van der Waals surface area contributed by atoms with Crippen LogP contribution in [-0.2, 0) is 14.4 Å². The average molecular weight is 419 g/mol. The highest BCUT2D eigenvalue weighted by Crippen LogP contribution is 2.25. The molecule has 0 rings (SSSR count). The van der Waals surface area contributed by atoms with Crippen LogP contribution in [-0.4, -0.2) is 50.9 Å². The number of rotatable bonds is 18. The number of carbonyl (C=O) groups excluding carboxylic acids is 2. The molecule has 0 fully saturated rings. The van der Waals surface area contributed by atoms with Gasteiger partial charge in [-0.3, -0.25) is 9.59 Å². The van der Waals surface area contributed by atoms with E-state index in [0.29, 0.717) is 19.1 Å². The minimum Gasteiger partial charge on any atom is -0.481 e. The lowest BCUT2D eigenvalue weighted by atomic mass is 9.87. The van der Waals surface area contributed by atoms with Crippen LogP contribution in [0.15, 0.2) is 0 Å². The van der Waals surface area contributed by atoms with Crippen LogP contribution in [0.25, 0.3) is 0 Å². The smallest absolute Gasteiger partial charge is 0.319 e. The second-order valence-corrected chi connectivity index (χ2v) is 7.50. The Labute approximate surface area is 175 Å². The minimum atomic E-state index is -2.45. The first-order valence-electron chi connectivity index (χ1n) is 11.0. The van der Waals surface area contributed by atoms with Crippen molar-refractivity contribution in [3.05, 3.63) is 0 Å². The number of carboxylic acids is 1. The first kappa shape index (κ1) is 29.9. The third kappa shape index (κ3) is 17.3. The fourth-order valence-electron chi connectivity index (χ4n) is 3.13. The molecule has 0 aromatic heterocycles. The molecule has 7 nitrogen and oxygen atoms in total. The molecule has 4 N–H and O–H groups in total. The lowest BCUT2D eigenvalue weighted by molar-refractivity contribution is -0.212. The van der Waals surface area contributed by atoms with Crippen LogP contribution in [0.5, 0.6) is 0 Å². The van der Waals surface area contributed by atoms with E-state index >= 15 is 0 Å². The molecule has 0 aromatic carbocycles. The maximum atomic E-state index is 12.2. The number of aliphatic hydroxyl groups is 3. The summed E-state index contributed by atoms with van der Waals surface area (Å²) in [6.07, 6.45) is 12.2. The summed E-state index contributed by atoms with van der Waals surface area (Å²) in [5, 5.41) is 37.0. The van der Waals surface area contributed by atoms with Crippen molar-refractivity contribution < 1.29 is 34.8 Å². The van der Waals surface area contributed by atoms with E-state index in [0.717, 1.165) is 44.9 Å². The lowest BCUT2D eigenvalue weighted by Crippen LogP contribution is -2.46. The number of ketones is 1. The van der Waals surface area contributed by atoms with Crippen molar-refractivity contribution in [1.82, 2.24) is 0 Å². The molecular formula is C22H42O7. The van der Waals surface area contributed by atoms with Gasteiger partial charge in [-0.25, -0.2) is 0 Å². The Morgan fingerprint density at radius 3 is 1.66 bits per heavy atom. The fourth-order valence-corrected chi connectivity index (χ4v) is 3.13. The van der Waals surface area contributed by atoms with Crippen molar-refractivity contribution in [3.8, 4) is 0 Å². The zero-order valence-electron chi connectivity index (χ0n) is 18.3. The van der Waals surface area contributed by atoms with Gasteiger partial charge in [0.05, 0.1) is 6.61 Å². The van der Waals surface area contributed by atoms with Crippen LogP contribution < -0.4 is 0 Å². The van der Waals surface area contributed by atoms with Gasteiger partial charge in [-0.1, -0.05) is 78.1 Å². The number of aliphatic hydroxyl groups excluding tert-OH is 1.